The van der Waals surface area contributed by atoms with Crippen LogP contribution in [0.1, 0.15) is 60.8 Å². The van der Waals surface area contributed by atoms with Crippen LogP contribution in [0.15, 0.2) is 0 Å². The minimum atomic E-state index is -1.20. The number of hydrogen-bond acceptors (Lipinski definition) is 6. The highest BCUT2D eigenvalue weighted by Gasteiger charge is 2.32. The van der Waals surface area contributed by atoms with Gasteiger partial charge in [-0.25, -0.2) is 4.79 Å². The lowest BCUT2D eigenvalue weighted by molar-refractivity contribution is -0.143. The lowest BCUT2D eigenvalue weighted by Gasteiger charge is -2.27. The van der Waals surface area contributed by atoms with E-state index in [4.69, 9.17) is 11.5 Å². The third-order valence-electron chi connectivity index (χ3n) is 4.67. The molecule has 0 aromatic carbocycles. The maximum atomic E-state index is 13.0. The first-order valence-corrected chi connectivity index (χ1v) is 10.8. The smallest absolute Gasteiger partial charge is 0.326 e. The van der Waals surface area contributed by atoms with E-state index in [-0.39, 0.29) is 37.0 Å². The average molecular weight is 458 g/mol. The van der Waals surface area contributed by atoms with Crippen LogP contribution < -0.4 is 27.4 Å². The first kappa shape index (κ1) is 29.3. The Balaban J connectivity index is 5.51. The van der Waals surface area contributed by atoms with Gasteiger partial charge < -0.3 is 32.5 Å². The van der Waals surface area contributed by atoms with Crippen LogP contribution in [0.25, 0.3) is 0 Å². The van der Waals surface area contributed by atoms with Crippen molar-refractivity contribution >= 4 is 29.6 Å². The Morgan fingerprint density at radius 2 is 1.16 bits per heavy atom. The van der Waals surface area contributed by atoms with E-state index in [1.807, 2.05) is 27.7 Å². The maximum Gasteiger partial charge on any atom is 0.326 e. The van der Waals surface area contributed by atoms with Crippen LogP contribution in [-0.2, 0) is 24.0 Å². The molecule has 0 aromatic rings. The number of hydrogen-bond donors (Lipinski definition) is 6. The van der Waals surface area contributed by atoms with Gasteiger partial charge in [0.25, 0.3) is 0 Å². The molecule has 32 heavy (non-hydrogen) atoms. The highest BCUT2D eigenvalue weighted by Crippen LogP contribution is 2.10. The van der Waals surface area contributed by atoms with Crippen LogP contribution in [-0.4, -0.2) is 58.9 Å². The molecule has 0 aliphatic carbocycles. The molecule has 4 unspecified atom stereocenters. The number of rotatable bonds is 14. The molecule has 8 N–H and O–H groups in total. The summed E-state index contributed by atoms with van der Waals surface area (Å²) in [6, 6.07) is -4.29. The Morgan fingerprint density at radius 1 is 0.750 bits per heavy atom. The fraction of sp³-hybridized carbons (Fsp3) is 0.762. The van der Waals surface area contributed by atoms with Gasteiger partial charge in [-0.1, -0.05) is 41.5 Å². The topological polar surface area (TPSA) is 194 Å². The van der Waals surface area contributed by atoms with Gasteiger partial charge in [0.2, 0.25) is 23.6 Å². The Hall–Kier alpha value is -2.69. The van der Waals surface area contributed by atoms with Crippen LogP contribution in [0, 0.1) is 17.8 Å². The van der Waals surface area contributed by atoms with E-state index >= 15 is 0 Å². The van der Waals surface area contributed by atoms with Gasteiger partial charge in [-0.2, -0.15) is 0 Å². The molecule has 0 aromatic heterocycles. The van der Waals surface area contributed by atoms with Gasteiger partial charge in [-0.3, -0.25) is 19.2 Å². The number of carboxylic acid groups (broad SMARTS) is 1. The van der Waals surface area contributed by atoms with Crippen molar-refractivity contribution in [3.8, 4) is 0 Å². The monoisotopic (exact) mass is 457 g/mol. The molecule has 0 saturated heterocycles. The van der Waals surface area contributed by atoms with Crippen molar-refractivity contribution in [3.05, 3.63) is 0 Å². The zero-order chi connectivity index (χ0) is 25.2. The summed E-state index contributed by atoms with van der Waals surface area (Å²) in [5, 5.41) is 17.0. The maximum absolute atomic E-state index is 13.0. The Labute approximate surface area is 189 Å². The molecule has 11 heteroatoms. The molecule has 4 atom stereocenters. The third kappa shape index (κ3) is 11.1. The largest absolute Gasteiger partial charge is 0.480 e. The van der Waals surface area contributed by atoms with Crippen molar-refractivity contribution in [2.75, 3.05) is 0 Å². The second kappa shape index (κ2) is 13.7. The summed E-state index contributed by atoms with van der Waals surface area (Å²) in [6.45, 7) is 10.8. The molecule has 4 amide bonds. The van der Waals surface area contributed by atoms with Crippen LogP contribution in [0.2, 0.25) is 0 Å². The quantitative estimate of drug-likeness (QED) is 0.202. The second-order valence-corrected chi connectivity index (χ2v) is 9.23. The molecule has 0 heterocycles. The van der Waals surface area contributed by atoms with Crippen molar-refractivity contribution < 1.29 is 29.1 Å². The van der Waals surface area contributed by atoms with Crippen LogP contribution in [0.3, 0.4) is 0 Å². The normalized spacial score (nSPS) is 15.1. The highest BCUT2D eigenvalue weighted by atomic mass is 16.4. The van der Waals surface area contributed by atoms with Crippen LogP contribution in [0.5, 0.6) is 0 Å². The van der Waals surface area contributed by atoms with E-state index in [0.717, 1.165) is 0 Å². The minimum Gasteiger partial charge on any atom is -0.480 e. The van der Waals surface area contributed by atoms with Gasteiger partial charge in [-0.05, 0) is 30.6 Å². The van der Waals surface area contributed by atoms with Gasteiger partial charge in [0, 0.05) is 0 Å². The summed E-state index contributed by atoms with van der Waals surface area (Å²) in [4.78, 5) is 60.5. The number of amides is 4. The van der Waals surface area contributed by atoms with Gasteiger partial charge in [0.1, 0.15) is 18.1 Å². The molecule has 0 fully saturated rings. The lowest BCUT2D eigenvalue weighted by Crippen LogP contribution is -2.58. The molecule has 0 aliphatic rings. The van der Waals surface area contributed by atoms with Crippen molar-refractivity contribution in [2.45, 2.75) is 85.0 Å². The summed E-state index contributed by atoms with van der Waals surface area (Å²) < 4.78 is 0. The van der Waals surface area contributed by atoms with Crippen LogP contribution >= 0.6 is 0 Å². The summed E-state index contributed by atoms with van der Waals surface area (Å²) in [5.74, 6) is -4.15. The predicted octanol–water partition coefficient (Wildman–Crippen LogP) is -0.524. The summed E-state index contributed by atoms with van der Waals surface area (Å²) in [6.07, 6.45) is 0.165. The van der Waals surface area contributed by atoms with Crippen molar-refractivity contribution in [2.24, 2.45) is 29.2 Å². The van der Waals surface area contributed by atoms with Gasteiger partial charge in [0.05, 0.1) is 12.5 Å². The summed E-state index contributed by atoms with van der Waals surface area (Å²) in [5.41, 5.74) is 10.7. The number of primary amides is 1. The molecule has 11 nitrogen and oxygen atoms in total. The summed E-state index contributed by atoms with van der Waals surface area (Å²) >= 11 is 0. The van der Waals surface area contributed by atoms with Crippen molar-refractivity contribution in [1.82, 2.24) is 16.0 Å². The van der Waals surface area contributed by atoms with Gasteiger partial charge in [-0.15, -0.1) is 0 Å². The van der Waals surface area contributed by atoms with E-state index in [0.29, 0.717) is 0 Å². The summed E-state index contributed by atoms with van der Waals surface area (Å²) in [7, 11) is 0. The standard InChI is InChI=1S/C21H39N5O6/c1-10(2)7-14(24-18(28)13(22)9-16(23)27)19(29)25-15(8-11(3)4)20(30)26-17(12(5)6)21(31)32/h10-15,17H,7-9,22H2,1-6H3,(H2,23,27)(H,24,28)(H,25,29)(H,26,30)(H,31,32). The molecular weight excluding hydrogens is 418 g/mol. The van der Waals surface area contributed by atoms with E-state index in [9.17, 15) is 29.1 Å². The Kier molecular flexibility index (Phi) is 12.5. The van der Waals surface area contributed by atoms with E-state index in [1.165, 1.54) is 0 Å². The molecular formula is C21H39N5O6. The zero-order valence-electron chi connectivity index (χ0n) is 19.8. The Bertz CT molecular complexity index is 680. The van der Waals surface area contributed by atoms with Crippen LogP contribution in [0.4, 0.5) is 0 Å². The fourth-order valence-electron chi connectivity index (χ4n) is 3.03. The Morgan fingerprint density at radius 3 is 1.50 bits per heavy atom. The molecule has 0 aliphatic heterocycles. The average Bonchev–Trinajstić information content (AvgIpc) is 2.62. The third-order valence-corrected chi connectivity index (χ3v) is 4.67. The number of carbonyl (C=O) groups excluding carboxylic acids is 4. The molecule has 0 spiro atoms. The predicted molar refractivity (Wildman–Crippen MR) is 119 cm³/mol. The van der Waals surface area contributed by atoms with Crippen molar-refractivity contribution in [3.63, 3.8) is 0 Å². The van der Waals surface area contributed by atoms with Gasteiger partial charge in [0.15, 0.2) is 0 Å². The van der Waals surface area contributed by atoms with Gasteiger partial charge >= 0.3 is 5.97 Å². The second-order valence-electron chi connectivity index (χ2n) is 9.23. The van der Waals surface area contributed by atoms with E-state index in [1.54, 1.807) is 13.8 Å². The zero-order valence-corrected chi connectivity index (χ0v) is 19.8. The molecule has 0 radical (unpaired) electrons. The molecule has 0 saturated carbocycles. The first-order chi connectivity index (χ1) is 14.6. The fourth-order valence-corrected chi connectivity index (χ4v) is 3.03. The number of carboxylic acids is 1. The van der Waals surface area contributed by atoms with Crippen molar-refractivity contribution in [1.29, 1.82) is 0 Å². The number of nitrogens with two attached hydrogens (primary N) is 2. The molecule has 184 valence electrons. The molecule has 0 bridgehead atoms. The van der Waals surface area contributed by atoms with E-state index in [2.05, 4.69) is 16.0 Å². The highest BCUT2D eigenvalue weighted by molar-refractivity contribution is 5.95. The number of carbonyl (C=O) groups is 5. The SMILES string of the molecule is CC(C)CC(NC(=O)C(N)CC(N)=O)C(=O)NC(CC(C)C)C(=O)NC(C(=O)O)C(C)C. The minimum absolute atomic E-state index is 0.0214. The lowest BCUT2D eigenvalue weighted by atomic mass is 9.98. The molecule has 0 rings (SSSR count). The van der Waals surface area contributed by atoms with E-state index < -0.39 is 53.8 Å². The first-order valence-electron chi connectivity index (χ1n) is 10.8. The number of nitrogens with one attached hydrogen (secondary N) is 3. The number of aliphatic carboxylic acids is 1.